The fraction of sp³-hybridized carbons (Fsp3) is 0.778. The smallest absolute Gasteiger partial charge is 0.200 e. The van der Waals surface area contributed by atoms with Crippen molar-refractivity contribution in [3.8, 4) is 0 Å². The molecule has 15 heavy (non-hydrogen) atoms. The van der Waals surface area contributed by atoms with Crippen molar-refractivity contribution in [2.75, 3.05) is 31.6 Å². The Hall–Kier alpha value is 0.220. The van der Waals surface area contributed by atoms with Gasteiger partial charge in [0.2, 0.25) is 5.16 Å². The topological polar surface area (TPSA) is 29.0 Å². The molecule has 0 N–H and O–H groups in total. The highest BCUT2D eigenvalue weighted by atomic mass is 32.2. The molecule has 0 amide bonds. The van der Waals surface area contributed by atoms with Crippen LogP contribution in [0.1, 0.15) is 13.8 Å². The highest BCUT2D eigenvalue weighted by Gasteiger charge is 2.04. The quantitative estimate of drug-likeness (QED) is 0.706. The summed E-state index contributed by atoms with van der Waals surface area (Å²) in [4.78, 5) is 6.81. The van der Waals surface area contributed by atoms with Crippen LogP contribution in [0, 0.1) is 0 Å². The molecule has 1 aromatic rings. The Morgan fingerprint density at radius 3 is 2.60 bits per heavy atom. The van der Waals surface area contributed by atoms with Crippen molar-refractivity contribution in [2.45, 2.75) is 23.3 Å². The normalized spacial score (nSPS) is 11.2. The van der Waals surface area contributed by atoms with Crippen molar-refractivity contribution < 1.29 is 0 Å². The molecule has 0 unspecified atom stereocenters. The van der Waals surface area contributed by atoms with Gasteiger partial charge in [0.1, 0.15) is 0 Å². The lowest BCUT2D eigenvalue weighted by Gasteiger charge is -2.16. The van der Waals surface area contributed by atoms with Gasteiger partial charge in [0, 0.05) is 12.3 Å². The fourth-order valence-electron chi connectivity index (χ4n) is 1.14. The molecule has 1 heterocycles. The van der Waals surface area contributed by atoms with E-state index >= 15 is 0 Å². The molecular weight excluding hydrogens is 246 g/mol. The Balaban J connectivity index is 2.25. The first-order valence-electron chi connectivity index (χ1n) is 5.03. The molecule has 0 saturated carbocycles. The van der Waals surface area contributed by atoms with Crippen molar-refractivity contribution in [3.05, 3.63) is 0 Å². The van der Waals surface area contributed by atoms with Crippen molar-refractivity contribution in [2.24, 2.45) is 0 Å². The monoisotopic (exact) mass is 263 g/mol. The first kappa shape index (κ1) is 13.3. The summed E-state index contributed by atoms with van der Waals surface area (Å²) >= 11 is 4.91. The Morgan fingerprint density at radius 1 is 1.33 bits per heavy atom. The van der Waals surface area contributed by atoms with Crippen LogP contribution in [-0.2, 0) is 0 Å². The zero-order valence-corrected chi connectivity index (χ0v) is 11.8. The third-order valence-electron chi connectivity index (χ3n) is 2.10. The zero-order valence-electron chi connectivity index (χ0n) is 9.39. The van der Waals surface area contributed by atoms with Crippen LogP contribution in [0.5, 0.6) is 0 Å². The van der Waals surface area contributed by atoms with E-state index in [4.69, 9.17) is 0 Å². The van der Waals surface area contributed by atoms with Gasteiger partial charge in [-0.1, -0.05) is 37.4 Å². The zero-order chi connectivity index (χ0) is 11.1. The van der Waals surface area contributed by atoms with Gasteiger partial charge in [-0.2, -0.15) is 4.37 Å². The van der Waals surface area contributed by atoms with E-state index in [1.165, 1.54) is 11.5 Å². The molecule has 0 aliphatic heterocycles. The average Bonchev–Trinajstić information content (AvgIpc) is 2.72. The van der Waals surface area contributed by atoms with Gasteiger partial charge in [0.15, 0.2) is 4.34 Å². The second-order valence-electron chi connectivity index (χ2n) is 2.92. The van der Waals surface area contributed by atoms with Crippen LogP contribution in [0.4, 0.5) is 0 Å². The van der Waals surface area contributed by atoms with Crippen molar-refractivity contribution in [3.63, 3.8) is 0 Å². The molecule has 6 heteroatoms. The molecule has 0 radical (unpaired) electrons. The van der Waals surface area contributed by atoms with Crippen LogP contribution in [0.15, 0.2) is 9.50 Å². The summed E-state index contributed by atoms with van der Waals surface area (Å²) in [5, 5.41) is 0.894. The second kappa shape index (κ2) is 7.49. The van der Waals surface area contributed by atoms with Crippen LogP contribution in [-0.4, -0.2) is 45.9 Å². The van der Waals surface area contributed by atoms with Gasteiger partial charge in [-0.05, 0) is 30.9 Å². The van der Waals surface area contributed by atoms with Gasteiger partial charge in [-0.25, -0.2) is 4.98 Å². The van der Waals surface area contributed by atoms with Gasteiger partial charge in [0.05, 0.1) is 0 Å². The predicted molar refractivity (Wildman–Crippen MR) is 70.2 cm³/mol. The first-order chi connectivity index (χ1) is 7.30. The van der Waals surface area contributed by atoms with Crippen LogP contribution in [0.3, 0.4) is 0 Å². The molecule has 0 aromatic carbocycles. The number of aromatic nitrogens is 2. The highest BCUT2D eigenvalue weighted by Crippen LogP contribution is 2.23. The SMILES string of the molecule is CCN(CC)CCSc1nc(SC)ns1. The summed E-state index contributed by atoms with van der Waals surface area (Å²) in [6.07, 6.45) is 2.01. The number of hydrogen-bond acceptors (Lipinski definition) is 6. The van der Waals surface area contributed by atoms with E-state index < -0.39 is 0 Å². The molecule has 0 spiro atoms. The van der Waals surface area contributed by atoms with Crippen molar-refractivity contribution in [1.29, 1.82) is 0 Å². The van der Waals surface area contributed by atoms with Crippen LogP contribution in [0.25, 0.3) is 0 Å². The van der Waals surface area contributed by atoms with E-state index in [0.717, 1.165) is 34.9 Å². The lowest BCUT2D eigenvalue weighted by Crippen LogP contribution is -2.25. The Labute approximate surface area is 104 Å². The highest BCUT2D eigenvalue weighted by molar-refractivity contribution is 8.01. The number of rotatable bonds is 7. The third kappa shape index (κ3) is 4.72. The summed E-state index contributed by atoms with van der Waals surface area (Å²) < 4.78 is 5.32. The van der Waals surface area contributed by atoms with Gasteiger partial charge in [0.25, 0.3) is 0 Å². The molecule has 0 atom stereocenters. The lowest BCUT2D eigenvalue weighted by molar-refractivity contribution is 0.324. The minimum atomic E-state index is 0.894. The first-order valence-corrected chi connectivity index (χ1v) is 8.01. The minimum absolute atomic E-state index is 0.894. The van der Waals surface area contributed by atoms with Gasteiger partial charge in [-0.15, -0.1) is 0 Å². The van der Waals surface area contributed by atoms with Crippen molar-refractivity contribution >= 4 is 35.1 Å². The summed E-state index contributed by atoms with van der Waals surface area (Å²) in [5.74, 6) is 1.10. The van der Waals surface area contributed by atoms with E-state index in [1.54, 1.807) is 23.5 Å². The second-order valence-corrected chi connectivity index (χ2v) is 5.79. The van der Waals surface area contributed by atoms with Crippen LogP contribution < -0.4 is 0 Å². The largest absolute Gasteiger partial charge is 0.303 e. The summed E-state index contributed by atoms with van der Waals surface area (Å²) in [6.45, 7) is 7.79. The van der Waals surface area contributed by atoms with E-state index in [1.807, 2.05) is 6.26 Å². The minimum Gasteiger partial charge on any atom is -0.303 e. The van der Waals surface area contributed by atoms with Gasteiger partial charge >= 0.3 is 0 Å². The average molecular weight is 263 g/mol. The molecule has 0 saturated heterocycles. The molecule has 86 valence electrons. The summed E-state index contributed by atoms with van der Waals surface area (Å²) in [7, 11) is 0. The Morgan fingerprint density at radius 2 is 2.07 bits per heavy atom. The molecule has 0 fully saturated rings. The van der Waals surface area contributed by atoms with Gasteiger partial charge < -0.3 is 4.90 Å². The molecule has 0 aliphatic rings. The van der Waals surface area contributed by atoms with E-state index in [0.29, 0.717) is 0 Å². The molecule has 0 bridgehead atoms. The molecule has 1 rings (SSSR count). The van der Waals surface area contributed by atoms with Gasteiger partial charge in [-0.3, -0.25) is 0 Å². The Kier molecular flexibility index (Phi) is 6.63. The number of thioether (sulfide) groups is 2. The number of nitrogens with zero attached hydrogens (tertiary/aromatic N) is 3. The number of hydrogen-bond donors (Lipinski definition) is 0. The lowest BCUT2D eigenvalue weighted by atomic mass is 10.5. The van der Waals surface area contributed by atoms with E-state index in [2.05, 4.69) is 28.1 Å². The fourth-order valence-corrected chi connectivity index (χ4v) is 3.42. The summed E-state index contributed by atoms with van der Waals surface area (Å²) in [6, 6.07) is 0. The third-order valence-corrected chi connectivity index (χ3v) is 4.58. The van der Waals surface area contributed by atoms with Crippen LogP contribution in [0.2, 0.25) is 0 Å². The van der Waals surface area contributed by atoms with Crippen molar-refractivity contribution in [1.82, 2.24) is 14.3 Å². The van der Waals surface area contributed by atoms with E-state index in [-0.39, 0.29) is 0 Å². The molecule has 3 nitrogen and oxygen atoms in total. The molecule has 1 aromatic heterocycles. The maximum Gasteiger partial charge on any atom is 0.200 e. The standard InChI is InChI=1S/C9H17N3S3/c1-4-12(5-2)6-7-14-9-10-8(13-3)11-15-9/h4-7H2,1-3H3. The molecule has 0 aliphatic carbocycles. The maximum absolute atomic E-state index is 4.39. The Bertz CT molecular complexity index is 273. The summed E-state index contributed by atoms with van der Waals surface area (Å²) in [5.41, 5.74) is 0. The maximum atomic E-state index is 4.39. The van der Waals surface area contributed by atoms with Crippen LogP contribution >= 0.6 is 35.1 Å². The van der Waals surface area contributed by atoms with E-state index in [9.17, 15) is 0 Å². The molecular formula is C9H17N3S3. The predicted octanol–water partition coefficient (Wildman–Crippen LogP) is 2.69.